The summed E-state index contributed by atoms with van der Waals surface area (Å²) in [7, 11) is 4.06. The SMILES string of the molecule is Cc1ccc(Nc2nc3cc(Oc4ccnc(C(=O)NCCN5CCN(C)CC5)c4)ccc3n2C)cc1-c1ccnc(F)c1. The molecule has 4 heterocycles. The first-order valence-corrected chi connectivity index (χ1v) is 14.6. The number of halogens is 1. The molecule has 0 bridgehead atoms. The van der Waals surface area contributed by atoms with Gasteiger partial charge in [-0.25, -0.2) is 9.97 Å². The Morgan fingerprint density at radius 1 is 0.932 bits per heavy atom. The van der Waals surface area contributed by atoms with Gasteiger partial charge in [-0.3, -0.25) is 14.7 Å². The van der Waals surface area contributed by atoms with Crippen molar-refractivity contribution >= 4 is 28.6 Å². The minimum atomic E-state index is -0.517. The summed E-state index contributed by atoms with van der Waals surface area (Å²) < 4.78 is 21.8. The zero-order valence-electron chi connectivity index (χ0n) is 25.0. The number of nitrogens with zero attached hydrogens (tertiary/aromatic N) is 6. The third kappa shape index (κ3) is 6.69. The first kappa shape index (κ1) is 29.2. The Morgan fingerprint density at radius 2 is 1.73 bits per heavy atom. The van der Waals surface area contributed by atoms with Gasteiger partial charge in [0.25, 0.3) is 5.91 Å². The van der Waals surface area contributed by atoms with E-state index in [1.165, 1.54) is 12.3 Å². The van der Waals surface area contributed by atoms with Gasteiger partial charge in [0, 0.05) is 82.6 Å². The third-order valence-electron chi connectivity index (χ3n) is 7.89. The number of hydrogen-bond acceptors (Lipinski definition) is 8. The highest BCUT2D eigenvalue weighted by Crippen LogP contribution is 2.31. The molecule has 5 aromatic rings. The van der Waals surface area contributed by atoms with Crippen LogP contribution in [0.15, 0.2) is 73.1 Å². The number of nitrogens with one attached hydrogen (secondary N) is 2. The lowest BCUT2D eigenvalue weighted by Crippen LogP contribution is -2.46. The minimum absolute atomic E-state index is 0.228. The number of ether oxygens (including phenoxy) is 1. The normalized spacial score (nSPS) is 14.1. The number of amides is 1. The second kappa shape index (κ2) is 12.8. The van der Waals surface area contributed by atoms with E-state index >= 15 is 0 Å². The predicted octanol–water partition coefficient (Wildman–Crippen LogP) is 4.99. The fourth-order valence-electron chi connectivity index (χ4n) is 5.29. The van der Waals surface area contributed by atoms with Crippen LogP contribution in [0, 0.1) is 12.9 Å². The highest BCUT2D eigenvalue weighted by atomic mass is 19.1. The molecule has 1 aliphatic rings. The fraction of sp³-hybridized carbons (Fsp3) is 0.273. The molecule has 44 heavy (non-hydrogen) atoms. The van der Waals surface area contributed by atoms with Gasteiger partial charge in [-0.1, -0.05) is 6.07 Å². The van der Waals surface area contributed by atoms with Crippen molar-refractivity contribution in [2.75, 3.05) is 51.6 Å². The van der Waals surface area contributed by atoms with Crippen molar-refractivity contribution in [3.05, 3.63) is 90.3 Å². The summed E-state index contributed by atoms with van der Waals surface area (Å²) in [5, 5.41) is 6.35. The van der Waals surface area contributed by atoms with E-state index in [2.05, 4.69) is 37.4 Å². The molecule has 0 radical (unpaired) electrons. The second-order valence-corrected chi connectivity index (χ2v) is 11.0. The molecule has 226 valence electrons. The first-order valence-electron chi connectivity index (χ1n) is 14.6. The Balaban J connectivity index is 1.12. The predicted molar refractivity (Wildman–Crippen MR) is 169 cm³/mol. The molecule has 1 saturated heterocycles. The molecule has 3 aromatic heterocycles. The quantitative estimate of drug-likeness (QED) is 0.230. The van der Waals surface area contributed by atoms with E-state index in [1.807, 2.05) is 54.9 Å². The van der Waals surface area contributed by atoms with Crippen LogP contribution in [-0.2, 0) is 7.05 Å². The maximum atomic E-state index is 13.8. The summed E-state index contributed by atoms with van der Waals surface area (Å²) in [5.74, 6) is 1.00. The molecule has 10 nitrogen and oxygen atoms in total. The average Bonchev–Trinajstić information content (AvgIpc) is 3.33. The molecule has 6 rings (SSSR count). The summed E-state index contributed by atoms with van der Waals surface area (Å²) >= 11 is 0. The van der Waals surface area contributed by atoms with Crippen LogP contribution in [-0.4, -0.2) is 81.5 Å². The van der Waals surface area contributed by atoms with Gasteiger partial charge in [-0.15, -0.1) is 0 Å². The Labute approximate surface area is 255 Å². The van der Waals surface area contributed by atoms with Gasteiger partial charge in [0.2, 0.25) is 11.9 Å². The van der Waals surface area contributed by atoms with Gasteiger partial charge in [0.15, 0.2) is 0 Å². The number of anilines is 2. The summed E-state index contributed by atoms with van der Waals surface area (Å²) in [4.78, 5) is 30.1. The van der Waals surface area contributed by atoms with E-state index in [1.54, 1.807) is 24.4 Å². The largest absolute Gasteiger partial charge is 0.457 e. The maximum absolute atomic E-state index is 13.8. The standard InChI is InChI=1S/C33H35FN8O2/c1-22-4-5-24(19-27(22)23-8-10-36-31(34)18-23)38-33-39-28-20-25(6-7-30(28)41(33)3)44-26-9-11-35-29(21-26)32(43)37-12-13-42-16-14-40(2)15-17-42/h4-11,18-21H,12-17H2,1-3H3,(H,37,43)(H,38,39). The van der Waals surface area contributed by atoms with Crippen LogP contribution in [0.25, 0.3) is 22.2 Å². The number of imidazole rings is 1. The second-order valence-electron chi connectivity index (χ2n) is 11.0. The number of aryl methyl sites for hydroxylation is 2. The average molecular weight is 595 g/mol. The van der Waals surface area contributed by atoms with Crippen molar-refractivity contribution in [3.63, 3.8) is 0 Å². The molecule has 0 spiro atoms. The van der Waals surface area contributed by atoms with E-state index in [9.17, 15) is 9.18 Å². The van der Waals surface area contributed by atoms with Crippen molar-refractivity contribution in [2.45, 2.75) is 6.92 Å². The Kier molecular flexibility index (Phi) is 8.49. The van der Waals surface area contributed by atoms with Gasteiger partial charge in [-0.05, 0) is 67.1 Å². The molecule has 2 N–H and O–H groups in total. The fourth-order valence-corrected chi connectivity index (χ4v) is 5.29. The van der Waals surface area contributed by atoms with Gasteiger partial charge >= 0.3 is 0 Å². The Hall–Kier alpha value is -4.87. The Morgan fingerprint density at radius 3 is 2.55 bits per heavy atom. The number of piperazine rings is 1. The number of benzene rings is 2. The maximum Gasteiger partial charge on any atom is 0.270 e. The van der Waals surface area contributed by atoms with Crippen molar-refractivity contribution in [1.82, 2.24) is 34.6 Å². The smallest absolute Gasteiger partial charge is 0.270 e. The van der Waals surface area contributed by atoms with Crippen LogP contribution in [0.4, 0.5) is 16.0 Å². The molecule has 11 heteroatoms. The number of aromatic nitrogens is 4. The number of fused-ring (bicyclic) bond motifs is 1. The first-order chi connectivity index (χ1) is 21.3. The molecule has 1 aliphatic heterocycles. The summed E-state index contributed by atoms with van der Waals surface area (Å²) in [6.07, 6.45) is 3.04. The molecule has 2 aromatic carbocycles. The molecule has 0 unspecified atom stereocenters. The topological polar surface area (TPSA) is 100 Å². The molecule has 0 aliphatic carbocycles. The van der Waals surface area contributed by atoms with Crippen molar-refractivity contribution in [2.24, 2.45) is 7.05 Å². The van der Waals surface area contributed by atoms with Crippen molar-refractivity contribution < 1.29 is 13.9 Å². The number of pyridine rings is 2. The minimum Gasteiger partial charge on any atom is -0.457 e. The number of carbonyl (C=O) groups excluding carboxylic acids is 1. The summed E-state index contributed by atoms with van der Waals surface area (Å²) in [6, 6.07) is 18.2. The van der Waals surface area contributed by atoms with Gasteiger partial charge < -0.3 is 24.8 Å². The van der Waals surface area contributed by atoms with E-state index in [4.69, 9.17) is 9.72 Å². The van der Waals surface area contributed by atoms with Crippen LogP contribution < -0.4 is 15.4 Å². The summed E-state index contributed by atoms with van der Waals surface area (Å²) in [6.45, 7) is 7.46. The number of hydrogen-bond donors (Lipinski definition) is 2. The molecule has 1 amide bonds. The lowest BCUT2D eigenvalue weighted by molar-refractivity contribution is 0.0935. The zero-order chi connectivity index (χ0) is 30.6. The van der Waals surface area contributed by atoms with Crippen LogP contribution in [0.3, 0.4) is 0 Å². The molecular weight excluding hydrogens is 559 g/mol. The van der Waals surface area contributed by atoms with Crippen LogP contribution >= 0.6 is 0 Å². The number of likely N-dealkylation sites (N-methyl/N-ethyl adjacent to an activating group) is 1. The highest BCUT2D eigenvalue weighted by Gasteiger charge is 2.15. The Bertz CT molecular complexity index is 1800. The third-order valence-corrected chi connectivity index (χ3v) is 7.89. The van der Waals surface area contributed by atoms with Crippen LogP contribution in [0.2, 0.25) is 0 Å². The molecular formula is C33H35FN8O2. The van der Waals surface area contributed by atoms with E-state index in [-0.39, 0.29) is 5.91 Å². The van der Waals surface area contributed by atoms with E-state index in [0.29, 0.717) is 29.7 Å². The number of carbonyl (C=O) groups is 1. The monoisotopic (exact) mass is 594 g/mol. The van der Waals surface area contributed by atoms with Crippen molar-refractivity contribution in [3.8, 4) is 22.6 Å². The van der Waals surface area contributed by atoms with Gasteiger partial charge in [-0.2, -0.15) is 4.39 Å². The summed E-state index contributed by atoms with van der Waals surface area (Å²) in [5.41, 5.74) is 5.47. The van der Waals surface area contributed by atoms with Gasteiger partial charge in [0.1, 0.15) is 17.2 Å². The van der Waals surface area contributed by atoms with Crippen molar-refractivity contribution in [1.29, 1.82) is 0 Å². The molecule has 0 saturated carbocycles. The van der Waals surface area contributed by atoms with Crippen LogP contribution in [0.5, 0.6) is 11.5 Å². The lowest BCUT2D eigenvalue weighted by atomic mass is 10.0. The highest BCUT2D eigenvalue weighted by molar-refractivity contribution is 5.92. The van der Waals surface area contributed by atoms with Gasteiger partial charge in [0.05, 0.1) is 11.0 Å². The molecule has 0 atom stereocenters. The molecule has 1 fully saturated rings. The van der Waals surface area contributed by atoms with E-state index in [0.717, 1.165) is 66.1 Å². The lowest BCUT2D eigenvalue weighted by Gasteiger charge is -2.32. The van der Waals surface area contributed by atoms with Crippen LogP contribution in [0.1, 0.15) is 16.1 Å². The number of rotatable bonds is 9. The van der Waals surface area contributed by atoms with E-state index < -0.39 is 5.95 Å². The zero-order valence-corrected chi connectivity index (χ0v) is 25.0.